The van der Waals surface area contributed by atoms with E-state index in [9.17, 15) is 18.0 Å². The van der Waals surface area contributed by atoms with Crippen LogP contribution in [0, 0.1) is 0 Å². The molecule has 1 N–H and O–H groups in total. The third-order valence-corrected chi connectivity index (χ3v) is 8.54. The van der Waals surface area contributed by atoms with Crippen LogP contribution in [0.25, 0.3) is 0 Å². The molecule has 39 heavy (non-hydrogen) atoms. The van der Waals surface area contributed by atoms with Crippen molar-refractivity contribution >= 4 is 55.1 Å². The Hall–Kier alpha value is -3.08. The van der Waals surface area contributed by atoms with Gasteiger partial charge in [-0.25, -0.2) is 8.42 Å². The molecule has 0 saturated heterocycles. The minimum atomic E-state index is -4.23. The molecule has 0 aliphatic heterocycles. The molecule has 1 atom stereocenters. The lowest BCUT2D eigenvalue weighted by molar-refractivity contribution is -0.139. The molecule has 8 nitrogen and oxygen atoms in total. The van der Waals surface area contributed by atoms with Crippen LogP contribution in [0.5, 0.6) is 5.75 Å². The molecule has 0 aliphatic carbocycles. The van der Waals surface area contributed by atoms with E-state index in [1.54, 1.807) is 31.2 Å². The highest BCUT2D eigenvalue weighted by Gasteiger charge is 2.33. The molecule has 0 aromatic heterocycles. The van der Waals surface area contributed by atoms with E-state index >= 15 is 0 Å². The number of carbonyl (C=O) groups is 2. The summed E-state index contributed by atoms with van der Waals surface area (Å²) in [5, 5.41) is 3.09. The Morgan fingerprint density at radius 3 is 2.33 bits per heavy atom. The second-order valence-electron chi connectivity index (χ2n) is 8.76. The van der Waals surface area contributed by atoms with E-state index in [0.29, 0.717) is 6.54 Å². The molecule has 0 bridgehead atoms. The molecule has 0 aliphatic rings. The fourth-order valence-corrected chi connectivity index (χ4v) is 5.72. The van der Waals surface area contributed by atoms with E-state index in [1.807, 2.05) is 31.2 Å². The first kappa shape index (κ1) is 30.5. The van der Waals surface area contributed by atoms with Crippen molar-refractivity contribution in [1.29, 1.82) is 0 Å². The second-order valence-corrected chi connectivity index (χ2v) is 12.0. The summed E-state index contributed by atoms with van der Waals surface area (Å²) in [4.78, 5) is 28.2. The summed E-state index contributed by atoms with van der Waals surface area (Å²) >= 11 is 9.65. The Kier molecular flexibility index (Phi) is 10.8. The van der Waals surface area contributed by atoms with Crippen LogP contribution in [0.3, 0.4) is 0 Å². The Morgan fingerprint density at radius 1 is 1.05 bits per heavy atom. The first-order valence-corrected chi connectivity index (χ1v) is 14.9. The highest BCUT2D eigenvalue weighted by molar-refractivity contribution is 9.10. The number of rotatable bonds is 12. The molecule has 1 unspecified atom stereocenters. The molecular formula is C28H31BrClN3O5S. The smallest absolute Gasteiger partial charge is 0.264 e. The van der Waals surface area contributed by atoms with Crippen LogP contribution in [0.1, 0.15) is 25.8 Å². The van der Waals surface area contributed by atoms with Gasteiger partial charge in [-0.1, -0.05) is 64.8 Å². The van der Waals surface area contributed by atoms with Gasteiger partial charge in [0, 0.05) is 22.6 Å². The number of hydrogen-bond acceptors (Lipinski definition) is 5. The van der Waals surface area contributed by atoms with E-state index in [2.05, 4.69) is 21.2 Å². The zero-order valence-electron chi connectivity index (χ0n) is 21.9. The summed E-state index contributed by atoms with van der Waals surface area (Å²) in [6.45, 7) is 3.52. The number of carbonyl (C=O) groups excluding carboxylic acids is 2. The monoisotopic (exact) mass is 635 g/mol. The minimum Gasteiger partial charge on any atom is -0.495 e. The lowest BCUT2D eigenvalue weighted by Crippen LogP contribution is -2.51. The topological polar surface area (TPSA) is 96.0 Å². The summed E-state index contributed by atoms with van der Waals surface area (Å²) < 4.78 is 35.0. The number of nitrogens with one attached hydrogen (secondary N) is 1. The largest absolute Gasteiger partial charge is 0.495 e. The molecule has 3 aromatic carbocycles. The van der Waals surface area contributed by atoms with Gasteiger partial charge in [-0.15, -0.1) is 0 Å². The minimum absolute atomic E-state index is 0.00646. The molecule has 208 valence electrons. The van der Waals surface area contributed by atoms with E-state index in [-0.39, 0.29) is 33.8 Å². The van der Waals surface area contributed by atoms with Crippen molar-refractivity contribution in [2.24, 2.45) is 0 Å². The molecule has 0 fully saturated rings. The third kappa shape index (κ3) is 7.74. The van der Waals surface area contributed by atoms with Gasteiger partial charge in [-0.3, -0.25) is 13.9 Å². The number of hydrogen-bond donors (Lipinski definition) is 1. The Morgan fingerprint density at radius 2 is 1.72 bits per heavy atom. The van der Waals surface area contributed by atoms with E-state index in [4.69, 9.17) is 16.3 Å². The van der Waals surface area contributed by atoms with Crippen LogP contribution in [0.4, 0.5) is 5.69 Å². The Balaban J connectivity index is 2.07. The van der Waals surface area contributed by atoms with Gasteiger partial charge in [-0.05, 0) is 61.4 Å². The van der Waals surface area contributed by atoms with Gasteiger partial charge in [0.25, 0.3) is 10.0 Å². The lowest BCUT2D eigenvalue weighted by atomic mass is 10.1. The Bertz CT molecular complexity index is 1390. The van der Waals surface area contributed by atoms with Crippen LogP contribution in [0.15, 0.2) is 82.2 Å². The molecule has 0 saturated carbocycles. The number of sulfonamides is 1. The molecule has 0 radical (unpaired) electrons. The zero-order valence-corrected chi connectivity index (χ0v) is 25.1. The van der Waals surface area contributed by atoms with Gasteiger partial charge in [0.15, 0.2) is 0 Å². The molecular weight excluding hydrogens is 606 g/mol. The van der Waals surface area contributed by atoms with Crippen molar-refractivity contribution in [3.63, 3.8) is 0 Å². The SMILES string of the molecule is CCCNC(=O)C(C)N(Cc1ccc(Br)cc1)C(=O)CN(c1cc(Cl)ccc1OC)S(=O)(=O)c1ccccc1. The van der Waals surface area contributed by atoms with Crippen LogP contribution in [-0.4, -0.2) is 51.4 Å². The van der Waals surface area contributed by atoms with Gasteiger partial charge >= 0.3 is 0 Å². The average Bonchev–Trinajstić information content (AvgIpc) is 2.94. The highest BCUT2D eigenvalue weighted by Crippen LogP contribution is 2.35. The Labute approximate surface area is 243 Å². The summed E-state index contributed by atoms with van der Waals surface area (Å²) in [6, 6.07) is 18.8. The maximum atomic E-state index is 13.9. The molecule has 3 aromatic rings. The summed E-state index contributed by atoms with van der Waals surface area (Å²) in [5.41, 5.74) is 0.883. The first-order chi connectivity index (χ1) is 18.6. The van der Waals surface area contributed by atoms with E-state index in [0.717, 1.165) is 20.8 Å². The number of methoxy groups -OCH3 is 1. The average molecular weight is 637 g/mol. The van der Waals surface area contributed by atoms with Crippen molar-refractivity contribution in [3.8, 4) is 5.75 Å². The molecule has 3 rings (SSSR count). The lowest BCUT2D eigenvalue weighted by Gasteiger charge is -2.32. The summed E-state index contributed by atoms with van der Waals surface area (Å²) in [5.74, 6) is -0.682. The predicted octanol–water partition coefficient (Wildman–Crippen LogP) is 5.25. The maximum Gasteiger partial charge on any atom is 0.264 e. The molecule has 2 amide bonds. The van der Waals surface area contributed by atoms with E-state index in [1.165, 1.54) is 36.3 Å². The highest BCUT2D eigenvalue weighted by atomic mass is 79.9. The van der Waals surface area contributed by atoms with Crippen LogP contribution in [-0.2, 0) is 26.2 Å². The zero-order chi connectivity index (χ0) is 28.6. The normalized spacial score (nSPS) is 11.9. The van der Waals surface area contributed by atoms with Crippen LogP contribution >= 0.6 is 27.5 Å². The first-order valence-electron chi connectivity index (χ1n) is 12.3. The molecule has 0 spiro atoms. The van der Waals surface area contributed by atoms with Gasteiger partial charge < -0.3 is 15.0 Å². The van der Waals surface area contributed by atoms with Crippen LogP contribution in [0.2, 0.25) is 5.02 Å². The van der Waals surface area contributed by atoms with Crippen molar-refractivity contribution < 1.29 is 22.7 Å². The molecule has 0 heterocycles. The third-order valence-electron chi connectivity index (χ3n) is 6.00. The second kappa shape index (κ2) is 13.8. The van der Waals surface area contributed by atoms with Crippen molar-refractivity contribution in [2.45, 2.75) is 37.8 Å². The summed E-state index contributed by atoms with van der Waals surface area (Å²) in [7, 11) is -2.83. The number of ether oxygens (including phenoxy) is 1. The van der Waals surface area contributed by atoms with Crippen molar-refractivity contribution in [2.75, 3.05) is 24.5 Å². The number of halogens is 2. The standard InChI is InChI=1S/C28H31BrClN3O5S/c1-4-16-31-28(35)20(2)32(18-21-10-12-22(29)13-11-21)27(34)19-33(25-17-23(30)14-15-26(25)38-3)39(36,37)24-8-6-5-7-9-24/h5-15,17,20H,4,16,18-19H2,1-3H3,(H,31,35). The van der Waals surface area contributed by atoms with E-state index < -0.39 is 28.5 Å². The summed E-state index contributed by atoms with van der Waals surface area (Å²) in [6.07, 6.45) is 0.733. The van der Waals surface area contributed by atoms with Gasteiger partial charge in [0.1, 0.15) is 18.3 Å². The van der Waals surface area contributed by atoms with Crippen molar-refractivity contribution in [1.82, 2.24) is 10.2 Å². The fourth-order valence-electron chi connectivity index (χ4n) is 3.86. The number of nitrogens with zero attached hydrogens (tertiary/aromatic N) is 2. The molecule has 11 heteroatoms. The fraction of sp³-hybridized carbons (Fsp3) is 0.286. The number of benzene rings is 3. The van der Waals surface area contributed by atoms with Crippen molar-refractivity contribution in [3.05, 3.63) is 87.9 Å². The number of anilines is 1. The van der Waals surface area contributed by atoms with Gasteiger partial charge in [0.2, 0.25) is 11.8 Å². The van der Waals surface area contributed by atoms with Gasteiger partial charge in [-0.2, -0.15) is 0 Å². The van der Waals surface area contributed by atoms with Gasteiger partial charge in [0.05, 0.1) is 17.7 Å². The predicted molar refractivity (Wildman–Crippen MR) is 156 cm³/mol. The van der Waals surface area contributed by atoms with Crippen LogP contribution < -0.4 is 14.4 Å². The number of amides is 2. The quantitative estimate of drug-likeness (QED) is 0.293. The maximum absolute atomic E-state index is 13.9.